The number of aromatic nitrogens is 2. The number of hydrogen-bond acceptors (Lipinski definition) is 9. The van der Waals surface area contributed by atoms with E-state index in [9.17, 15) is 4.79 Å². The Morgan fingerprint density at radius 3 is 2.79 bits per heavy atom. The number of nitrogens with one attached hydrogen (secondary N) is 2. The monoisotopic (exact) mass is 457 g/mol. The molecule has 1 fully saturated rings. The average molecular weight is 458 g/mol. The van der Waals surface area contributed by atoms with Crippen molar-refractivity contribution in [1.29, 1.82) is 0 Å². The molecule has 2 aliphatic rings. The van der Waals surface area contributed by atoms with Gasteiger partial charge in [-0.3, -0.25) is 4.79 Å². The quantitative estimate of drug-likeness (QED) is 0.574. The lowest BCUT2D eigenvalue weighted by Crippen LogP contribution is -2.38. The van der Waals surface area contributed by atoms with Gasteiger partial charge in [0, 0.05) is 63.8 Å². The van der Waals surface area contributed by atoms with Crippen LogP contribution in [0.1, 0.15) is 35.9 Å². The number of likely N-dealkylation sites (N-methyl/N-ethyl adjacent to an activating group) is 1. The molecule has 180 valence electrons. The van der Waals surface area contributed by atoms with Crippen LogP contribution in [0.3, 0.4) is 0 Å². The van der Waals surface area contributed by atoms with E-state index in [0.717, 1.165) is 11.3 Å². The van der Waals surface area contributed by atoms with Gasteiger partial charge in [0.1, 0.15) is 11.5 Å². The van der Waals surface area contributed by atoms with E-state index >= 15 is 0 Å². The van der Waals surface area contributed by atoms with Crippen LogP contribution in [0.5, 0.6) is 0 Å². The van der Waals surface area contributed by atoms with Crippen LogP contribution in [-0.4, -0.2) is 76.0 Å². The van der Waals surface area contributed by atoms with Crippen molar-refractivity contribution >= 4 is 29.0 Å². The zero-order valence-electron chi connectivity index (χ0n) is 19.9. The highest BCUT2D eigenvalue weighted by molar-refractivity contribution is 6.03. The van der Waals surface area contributed by atoms with Crippen LogP contribution >= 0.6 is 0 Å². The number of fused-ring (bicyclic) bond motifs is 1. The van der Waals surface area contributed by atoms with Crippen LogP contribution < -0.4 is 26.2 Å². The number of benzene rings is 1. The number of methoxy groups -OCH3 is 1. The van der Waals surface area contributed by atoms with Gasteiger partial charge in [0.05, 0.1) is 19.8 Å². The van der Waals surface area contributed by atoms with Crippen molar-refractivity contribution in [2.24, 2.45) is 5.73 Å². The molecule has 10 heteroatoms. The van der Waals surface area contributed by atoms with Crippen molar-refractivity contribution in [3.63, 3.8) is 0 Å². The van der Waals surface area contributed by atoms with Crippen LogP contribution in [-0.2, 0) is 9.47 Å². The number of carbonyl (C=O) groups is 1. The van der Waals surface area contributed by atoms with Gasteiger partial charge in [0.15, 0.2) is 0 Å². The molecule has 2 aromatic rings. The van der Waals surface area contributed by atoms with Crippen molar-refractivity contribution in [3.05, 3.63) is 35.5 Å². The maximum atomic E-state index is 13.1. The first kappa shape index (κ1) is 24.7. The molecule has 0 saturated carbocycles. The van der Waals surface area contributed by atoms with E-state index in [2.05, 4.69) is 20.6 Å². The van der Waals surface area contributed by atoms with Crippen LogP contribution in [0.15, 0.2) is 24.3 Å². The molecule has 10 nitrogen and oxygen atoms in total. The van der Waals surface area contributed by atoms with E-state index in [1.165, 1.54) is 0 Å². The number of rotatable bonds is 7. The number of nitrogens with two attached hydrogens (primary N) is 1. The molecule has 0 radical (unpaired) electrons. The number of morpholine rings is 1. The number of ether oxygens (including phenoxy) is 2. The standard InChI is InChI=1S/C21H29N7O3.C2H6/c1-27(5-8-30-2)19-12-18(25-21(26-19)28-6-9-31-10-7-28)20(29)24-14-3-4-15-16(22)13-23-17(15)11-14;1-2/h3-4,11-12,16,23H,5-10,13,22H2,1-2H3,(H,24,29);1-2H3. The van der Waals surface area contributed by atoms with Gasteiger partial charge in [-0.25, -0.2) is 4.98 Å². The topological polar surface area (TPSA) is 118 Å². The van der Waals surface area contributed by atoms with Gasteiger partial charge in [0.2, 0.25) is 5.95 Å². The summed E-state index contributed by atoms with van der Waals surface area (Å²) in [4.78, 5) is 26.3. The molecule has 4 N–H and O–H groups in total. The molecule has 1 unspecified atom stereocenters. The van der Waals surface area contributed by atoms with E-state index in [1.54, 1.807) is 13.2 Å². The number of carbonyl (C=O) groups excluding carboxylic acids is 1. The molecular weight excluding hydrogens is 422 g/mol. The summed E-state index contributed by atoms with van der Waals surface area (Å²) >= 11 is 0. The highest BCUT2D eigenvalue weighted by Gasteiger charge is 2.21. The van der Waals surface area contributed by atoms with Crippen LogP contribution in [0.2, 0.25) is 0 Å². The molecule has 1 saturated heterocycles. The minimum absolute atomic E-state index is 0.0251. The summed E-state index contributed by atoms with van der Waals surface area (Å²) in [5, 5.41) is 6.21. The van der Waals surface area contributed by atoms with Gasteiger partial charge >= 0.3 is 0 Å². The van der Waals surface area contributed by atoms with Gasteiger partial charge in [-0.2, -0.15) is 4.98 Å². The summed E-state index contributed by atoms with van der Waals surface area (Å²) in [5.74, 6) is 0.901. The molecule has 3 heterocycles. The predicted octanol–water partition coefficient (Wildman–Crippen LogP) is 2.10. The van der Waals surface area contributed by atoms with E-state index in [1.807, 2.05) is 48.9 Å². The highest BCUT2D eigenvalue weighted by Crippen LogP contribution is 2.30. The second-order valence-corrected chi connectivity index (χ2v) is 7.67. The first-order chi connectivity index (χ1) is 16.0. The molecule has 2 aliphatic heterocycles. The minimum atomic E-state index is -0.291. The summed E-state index contributed by atoms with van der Waals surface area (Å²) in [6.07, 6.45) is 0. The van der Waals surface area contributed by atoms with Crippen molar-refractivity contribution < 1.29 is 14.3 Å². The van der Waals surface area contributed by atoms with E-state index < -0.39 is 0 Å². The third-order valence-electron chi connectivity index (χ3n) is 5.47. The number of hydrogen-bond donors (Lipinski definition) is 3. The molecule has 1 aromatic carbocycles. The number of amides is 1. The normalized spacial score (nSPS) is 16.9. The molecule has 1 amide bonds. The van der Waals surface area contributed by atoms with Gasteiger partial charge < -0.3 is 35.6 Å². The fourth-order valence-corrected chi connectivity index (χ4v) is 3.62. The second kappa shape index (κ2) is 11.8. The Morgan fingerprint density at radius 2 is 2.06 bits per heavy atom. The molecular formula is C23H35N7O3. The van der Waals surface area contributed by atoms with Gasteiger partial charge in [0.25, 0.3) is 5.91 Å². The summed E-state index contributed by atoms with van der Waals surface area (Å²) in [5.41, 5.74) is 9.05. The van der Waals surface area contributed by atoms with Gasteiger partial charge in [-0.15, -0.1) is 0 Å². The zero-order valence-corrected chi connectivity index (χ0v) is 19.9. The second-order valence-electron chi connectivity index (χ2n) is 7.67. The lowest BCUT2D eigenvalue weighted by molar-refractivity contribution is 0.102. The predicted molar refractivity (Wildman–Crippen MR) is 131 cm³/mol. The van der Waals surface area contributed by atoms with Gasteiger partial charge in [-0.1, -0.05) is 19.9 Å². The lowest BCUT2D eigenvalue weighted by atomic mass is 10.1. The summed E-state index contributed by atoms with van der Waals surface area (Å²) in [6, 6.07) is 7.38. The van der Waals surface area contributed by atoms with E-state index in [-0.39, 0.29) is 11.9 Å². The Kier molecular flexibility index (Phi) is 8.81. The zero-order chi connectivity index (χ0) is 23.8. The molecule has 0 bridgehead atoms. The van der Waals surface area contributed by atoms with E-state index in [0.29, 0.717) is 69.1 Å². The Morgan fingerprint density at radius 1 is 1.30 bits per heavy atom. The van der Waals surface area contributed by atoms with Crippen LogP contribution in [0.4, 0.5) is 23.1 Å². The summed E-state index contributed by atoms with van der Waals surface area (Å²) in [6.45, 7) is 8.48. The Balaban J connectivity index is 0.00000149. The number of anilines is 4. The Hall–Kier alpha value is -2.95. The van der Waals surface area contributed by atoms with Crippen molar-refractivity contribution in [3.8, 4) is 0 Å². The van der Waals surface area contributed by atoms with Gasteiger partial charge in [-0.05, 0) is 17.7 Å². The molecule has 1 aromatic heterocycles. The lowest BCUT2D eigenvalue weighted by Gasteiger charge is -2.28. The summed E-state index contributed by atoms with van der Waals surface area (Å²) < 4.78 is 10.6. The molecule has 4 rings (SSSR count). The van der Waals surface area contributed by atoms with Crippen molar-refractivity contribution in [2.75, 3.05) is 80.6 Å². The molecule has 0 aliphatic carbocycles. The largest absolute Gasteiger partial charge is 0.383 e. The van der Waals surface area contributed by atoms with Crippen LogP contribution in [0.25, 0.3) is 0 Å². The smallest absolute Gasteiger partial charge is 0.274 e. The fourth-order valence-electron chi connectivity index (χ4n) is 3.62. The Bertz CT molecular complexity index is 934. The highest BCUT2D eigenvalue weighted by atomic mass is 16.5. The Labute approximate surface area is 195 Å². The minimum Gasteiger partial charge on any atom is -0.383 e. The number of nitrogens with zero attached hydrogens (tertiary/aromatic N) is 4. The average Bonchev–Trinajstić information content (AvgIpc) is 3.23. The third-order valence-corrected chi connectivity index (χ3v) is 5.47. The van der Waals surface area contributed by atoms with Crippen molar-refractivity contribution in [2.45, 2.75) is 19.9 Å². The van der Waals surface area contributed by atoms with E-state index in [4.69, 9.17) is 15.2 Å². The molecule has 33 heavy (non-hydrogen) atoms. The first-order valence-electron chi connectivity index (χ1n) is 11.4. The maximum absolute atomic E-state index is 13.1. The summed E-state index contributed by atoms with van der Waals surface area (Å²) in [7, 11) is 3.58. The third kappa shape index (κ3) is 6.10. The molecule has 0 spiro atoms. The van der Waals surface area contributed by atoms with Crippen molar-refractivity contribution in [1.82, 2.24) is 9.97 Å². The first-order valence-corrected chi connectivity index (χ1v) is 11.4. The fraction of sp³-hybridized carbons (Fsp3) is 0.522. The SMILES string of the molecule is CC.COCCN(C)c1cc(C(=O)Nc2ccc3c(c2)NCC3N)nc(N2CCOCC2)n1. The molecule has 1 atom stereocenters. The van der Waals surface area contributed by atoms with Crippen LogP contribution in [0, 0.1) is 0 Å². The maximum Gasteiger partial charge on any atom is 0.274 e.